The molecule has 5 nitrogen and oxygen atoms in total. The van der Waals surface area contributed by atoms with E-state index in [9.17, 15) is 9.90 Å². The van der Waals surface area contributed by atoms with Crippen molar-refractivity contribution in [3.63, 3.8) is 0 Å². The molecular weight excluding hydrogens is 280 g/mol. The second kappa shape index (κ2) is 5.73. The Kier molecular flexibility index (Phi) is 3.62. The summed E-state index contributed by atoms with van der Waals surface area (Å²) in [5, 5.41) is 16.1. The van der Waals surface area contributed by atoms with Crippen LogP contribution in [0.15, 0.2) is 64.3 Å². The minimum absolute atomic E-state index is 0.145. The molecule has 0 atom stereocenters. The van der Waals surface area contributed by atoms with Gasteiger partial charge in [-0.15, -0.1) is 0 Å². The van der Waals surface area contributed by atoms with Crippen molar-refractivity contribution in [3.05, 3.63) is 66.1 Å². The summed E-state index contributed by atoms with van der Waals surface area (Å²) in [5.74, 6) is -0.115. The molecule has 2 N–H and O–H groups in total. The van der Waals surface area contributed by atoms with E-state index >= 15 is 0 Å². The van der Waals surface area contributed by atoms with Gasteiger partial charge in [-0.1, -0.05) is 30.3 Å². The van der Waals surface area contributed by atoms with Crippen molar-refractivity contribution in [1.29, 1.82) is 0 Å². The lowest BCUT2D eigenvalue weighted by atomic mass is 10.0. The topological polar surface area (TPSA) is 74.8 Å². The molecule has 0 radical (unpaired) electrons. The molecule has 5 heteroatoms. The van der Waals surface area contributed by atoms with Gasteiger partial charge >= 0.3 is 5.91 Å². The van der Waals surface area contributed by atoms with Gasteiger partial charge in [0.25, 0.3) is 0 Å². The van der Waals surface area contributed by atoms with Gasteiger partial charge in [-0.05, 0) is 30.5 Å². The molecule has 0 spiro atoms. The van der Waals surface area contributed by atoms with Crippen LogP contribution in [-0.2, 0) is 0 Å². The second-order valence-electron chi connectivity index (χ2n) is 4.80. The molecule has 0 unspecified atom stereocenters. The molecule has 0 aliphatic heterocycles. The van der Waals surface area contributed by atoms with Crippen molar-refractivity contribution in [2.75, 3.05) is 0 Å². The van der Waals surface area contributed by atoms with Crippen LogP contribution in [0, 0.1) is 0 Å². The number of phenols is 1. The summed E-state index contributed by atoms with van der Waals surface area (Å²) in [6, 6.07) is 14.4. The number of hydrogen-bond donors (Lipinski definition) is 2. The minimum atomic E-state index is -0.440. The second-order valence-corrected chi connectivity index (χ2v) is 4.80. The zero-order valence-corrected chi connectivity index (χ0v) is 11.9. The Hall–Kier alpha value is -3.08. The van der Waals surface area contributed by atoms with Gasteiger partial charge in [-0.3, -0.25) is 4.79 Å². The highest BCUT2D eigenvalue weighted by Crippen LogP contribution is 2.28. The summed E-state index contributed by atoms with van der Waals surface area (Å²) in [6.07, 6.45) is 1.42. The monoisotopic (exact) mass is 294 g/mol. The quantitative estimate of drug-likeness (QED) is 0.575. The molecule has 0 aliphatic rings. The molecule has 2 aromatic carbocycles. The maximum atomic E-state index is 11.8. The summed E-state index contributed by atoms with van der Waals surface area (Å²) < 4.78 is 4.98. The smallest absolute Gasteiger partial charge is 0.307 e. The fourth-order valence-corrected chi connectivity index (χ4v) is 2.20. The predicted octanol–water partition coefficient (Wildman–Crippen LogP) is 3.29. The van der Waals surface area contributed by atoms with E-state index in [0.717, 1.165) is 10.8 Å². The fourth-order valence-electron chi connectivity index (χ4n) is 2.20. The standard InChI is InChI=1S/C17H14N2O3/c1-11(18-19-17(21)15-7-4-10-22-15)13-9-8-12-5-2-3-6-14(12)16(13)20/h2-10,20H,1H3,(H,19,21). The third-order valence-corrected chi connectivity index (χ3v) is 3.36. The summed E-state index contributed by atoms with van der Waals surface area (Å²) in [4.78, 5) is 11.8. The zero-order chi connectivity index (χ0) is 15.5. The van der Waals surface area contributed by atoms with Crippen molar-refractivity contribution in [2.24, 2.45) is 5.10 Å². The summed E-state index contributed by atoms with van der Waals surface area (Å²) in [6.45, 7) is 1.71. The third-order valence-electron chi connectivity index (χ3n) is 3.36. The number of benzene rings is 2. The zero-order valence-electron chi connectivity index (χ0n) is 11.9. The van der Waals surface area contributed by atoms with Gasteiger partial charge in [0.15, 0.2) is 5.76 Å². The highest BCUT2D eigenvalue weighted by Gasteiger charge is 2.10. The number of amides is 1. The number of fused-ring (bicyclic) bond motifs is 1. The van der Waals surface area contributed by atoms with Crippen LogP contribution in [0.5, 0.6) is 5.75 Å². The van der Waals surface area contributed by atoms with Gasteiger partial charge in [0, 0.05) is 10.9 Å². The molecule has 1 amide bonds. The Bertz CT molecular complexity index is 851. The normalized spacial score (nSPS) is 11.6. The van der Waals surface area contributed by atoms with Crippen LogP contribution in [0.2, 0.25) is 0 Å². The van der Waals surface area contributed by atoms with E-state index in [-0.39, 0.29) is 11.5 Å². The number of furan rings is 1. The van der Waals surface area contributed by atoms with Crippen molar-refractivity contribution in [2.45, 2.75) is 6.92 Å². The number of hydrazone groups is 1. The molecule has 1 heterocycles. The van der Waals surface area contributed by atoms with Gasteiger partial charge in [0.2, 0.25) is 0 Å². The van der Waals surface area contributed by atoms with Crippen LogP contribution in [0.1, 0.15) is 23.0 Å². The Morgan fingerprint density at radius 3 is 2.73 bits per heavy atom. The van der Waals surface area contributed by atoms with E-state index in [0.29, 0.717) is 11.3 Å². The van der Waals surface area contributed by atoms with Crippen molar-refractivity contribution in [3.8, 4) is 5.75 Å². The fraction of sp³-hybridized carbons (Fsp3) is 0.0588. The average molecular weight is 294 g/mol. The first-order chi connectivity index (χ1) is 10.7. The van der Waals surface area contributed by atoms with Crippen LogP contribution >= 0.6 is 0 Å². The third kappa shape index (κ3) is 2.56. The molecule has 0 saturated heterocycles. The SMILES string of the molecule is CC(=NNC(=O)c1ccco1)c1ccc2ccccc2c1O. The molecule has 0 bridgehead atoms. The van der Waals surface area contributed by atoms with Gasteiger partial charge in [-0.25, -0.2) is 5.43 Å². The van der Waals surface area contributed by atoms with Crippen LogP contribution < -0.4 is 5.43 Å². The van der Waals surface area contributed by atoms with Gasteiger partial charge < -0.3 is 9.52 Å². The van der Waals surface area contributed by atoms with E-state index in [1.807, 2.05) is 30.3 Å². The Morgan fingerprint density at radius 1 is 1.14 bits per heavy atom. The lowest BCUT2D eigenvalue weighted by Crippen LogP contribution is -2.18. The molecule has 3 aromatic rings. The first kappa shape index (κ1) is 13.9. The molecule has 1 aromatic heterocycles. The molecular formula is C17H14N2O3. The van der Waals surface area contributed by atoms with Gasteiger partial charge in [-0.2, -0.15) is 5.10 Å². The van der Waals surface area contributed by atoms with E-state index in [4.69, 9.17) is 4.42 Å². The number of carbonyl (C=O) groups is 1. The van der Waals surface area contributed by atoms with E-state index in [1.165, 1.54) is 6.26 Å². The van der Waals surface area contributed by atoms with Gasteiger partial charge in [0.05, 0.1) is 12.0 Å². The predicted molar refractivity (Wildman–Crippen MR) is 84.0 cm³/mol. The van der Waals surface area contributed by atoms with Gasteiger partial charge in [0.1, 0.15) is 5.75 Å². The first-order valence-corrected chi connectivity index (χ1v) is 6.76. The summed E-state index contributed by atoms with van der Waals surface area (Å²) in [5.41, 5.74) is 3.47. The highest BCUT2D eigenvalue weighted by molar-refractivity contribution is 6.06. The summed E-state index contributed by atoms with van der Waals surface area (Å²) >= 11 is 0. The number of hydrogen-bond acceptors (Lipinski definition) is 4. The number of nitrogens with one attached hydrogen (secondary N) is 1. The molecule has 110 valence electrons. The van der Waals surface area contributed by atoms with Crippen LogP contribution in [0.25, 0.3) is 10.8 Å². The van der Waals surface area contributed by atoms with E-state index in [2.05, 4.69) is 10.5 Å². The highest BCUT2D eigenvalue weighted by atomic mass is 16.3. The maximum Gasteiger partial charge on any atom is 0.307 e. The Balaban J connectivity index is 1.88. The molecule has 3 rings (SSSR count). The summed E-state index contributed by atoms with van der Waals surface area (Å²) in [7, 11) is 0. The van der Waals surface area contributed by atoms with Crippen LogP contribution in [-0.4, -0.2) is 16.7 Å². The molecule has 22 heavy (non-hydrogen) atoms. The Labute approximate surface area is 126 Å². The van der Waals surface area contributed by atoms with Crippen molar-refractivity contribution >= 4 is 22.4 Å². The van der Waals surface area contributed by atoms with E-state index in [1.54, 1.807) is 25.1 Å². The van der Waals surface area contributed by atoms with Crippen LogP contribution in [0.4, 0.5) is 0 Å². The lowest BCUT2D eigenvalue weighted by molar-refractivity contribution is 0.0927. The molecule has 0 saturated carbocycles. The molecule has 0 aliphatic carbocycles. The number of carbonyl (C=O) groups excluding carboxylic acids is 1. The first-order valence-electron chi connectivity index (χ1n) is 6.76. The van der Waals surface area contributed by atoms with Crippen molar-refractivity contribution in [1.82, 2.24) is 5.43 Å². The number of nitrogens with zero attached hydrogens (tertiary/aromatic N) is 1. The Morgan fingerprint density at radius 2 is 1.95 bits per heavy atom. The molecule has 0 fully saturated rings. The average Bonchev–Trinajstić information content (AvgIpc) is 3.07. The number of rotatable bonds is 3. The van der Waals surface area contributed by atoms with E-state index < -0.39 is 5.91 Å². The minimum Gasteiger partial charge on any atom is -0.507 e. The van der Waals surface area contributed by atoms with Crippen LogP contribution in [0.3, 0.4) is 0 Å². The number of aromatic hydroxyl groups is 1. The maximum absolute atomic E-state index is 11.8. The lowest BCUT2D eigenvalue weighted by Gasteiger charge is -2.07. The largest absolute Gasteiger partial charge is 0.507 e. The van der Waals surface area contributed by atoms with Crippen molar-refractivity contribution < 1.29 is 14.3 Å². The number of phenolic OH excluding ortho intramolecular Hbond substituents is 1.